The summed E-state index contributed by atoms with van der Waals surface area (Å²) in [6, 6.07) is 4.55. The van der Waals surface area contributed by atoms with Crippen molar-refractivity contribution in [1.29, 1.82) is 0 Å². The smallest absolute Gasteiger partial charge is 0.287 e. The predicted octanol–water partition coefficient (Wildman–Crippen LogP) is 2.58. The summed E-state index contributed by atoms with van der Waals surface area (Å²) in [5.41, 5.74) is 1.72. The number of rotatable bonds is 6. The van der Waals surface area contributed by atoms with Crippen molar-refractivity contribution in [1.82, 2.24) is 10.3 Å². The van der Waals surface area contributed by atoms with Crippen LogP contribution in [-0.4, -0.2) is 23.2 Å². The summed E-state index contributed by atoms with van der Waals surface area (Å²) in [6.07, 6.45) is 3.04. The monoisotopic (exact) mass is 290 g/mol. The standard InChI is InChI=1S/C16H19FN2O2/c1-3-10(2)15(20)16(21)18-7-6-11-9-19-14-8-12(17)4-5-13(11)14/h4-5,8-10,19H,3,6-7H2,1-2H3,(H,18,21). The van der Waals surface area contributed by atoms with Gasteiger partial charge in [-0.2, -0.15) is 0 Å². The molecule has 0 saturated heterocycles. The van der Waals surface area contributed by atoms with Gasteiger partial charge in [-0.1, -0.05) is 13.8 Å². The molecule has 4 nitrogen and oxygen atoms in total. The van der Waals surface area contributed by atoms with Crippen LogP contribution < -0.4 is 5.32 Å². The maximum atomic E-state index is 13.1. The van der Waals surface area contributed by atoms with Gasteiger partial charge in [0.1, 0.15) is 5.82 Å². The van der Waals surface area contributed by atoms with Crippen molar-refractivity contribution in [3.05, 3.63) is 35.8 Å². The molecule has 0 spiro atoms. The lowest BCUT2D eigenvalue weighted by atomic mass is 10.0. The summed E-state index contributed by atoms with van der Waals surface area (Å²) in [5.74, 6) is -1.45. The molecule has 0 saturated carbocycles. The Morgan fingerprint density at radius 1 is 1.38 bits per heavy atom. The topological polar surface area (TPSA) is 62.0 Å². The van der Waals surface area contributed by atoms with Crippen LogP contribution in [0.25, 0.3) is 10.9 Å². The highest BCUT2D eigenvalue weighted by molar-refractivity contribution is 6.36. The molecule has 1 aromatic heterocycles. The average Bonchev–Trinajstić information content (AvgIpc) is 2.87. The van der Waals surface area contributed by atoms with Crippen molar-refractivity contribution in [3.8, 4) is 0 Å². The van der Waals surface area contributed by atoms with E-state index in [0.29, 0.717) is 19.4 Å². The highest BCUT2D eigenvalue weighted by Crippen LogP contribution is 2.19. The second-order valence-corrected chi connectivity index (χ2v) is 5.18. The number of hydrogen-bond donors (Lipinski definition) is 2. The van der Waals surface area contributed by atoms with Gasteiger partial charge >= 0.3 is 0 Å². The number of amides is 1. The van der Waals surface area contributed by atoms with Gasteiger partial charge in [0.25, 0.3) is 5.91 Å². The number of H-pyrrole nitrogens is 1. The van der Waals surface area contributed by atoms with E-state index >= 15 is 0 Å². The van der Waals surface area contributed by atoms with Crippen LogP contribution in [0.2, 0.25) is 0 Å². The molecule has 0 aliphatic heterocycles. The third kappa shape index (κ3) is 3.48. The van der Waals surface area contributed by atoms with Crippen LogP contribution in [0.5, 0.6) is 0 Å². The first-order valence-electron chi connectivity index (χ1n) is 7.10. The van der Waals surface area contributed by atoms with Crippen LogP contribution in [0.4, 0.5) is 4.39 Å². The fraction of sp³-hybridized carbons (Fsp3) is 0.375. The van der Waals surface area contributed by atoms with E-state index in [4.69, 9.17) is 0 Å². The van der Waals surface area contributed by atoms with Crippen molar-refractivity contribution in [2.45, 2.75) is 26.7 Å². The summed E-state index contributed by atoms with van der Waals surface area (Å²) in [6.45, 7) is 4.00. The van der Waals surface area contributed by atoms with E-state index in [1.807, 2.05) is 6.92 Å². The lowest BCUT2D eigenvalue weighted by Gasteiger charge is -2.08. The normalized spacial score (nSPS) is 12.3. The van der Waals surface area contributed by atoms with Gasteiger partial charge in [-0.25, -0.2) is 4.39 Å². The number of hydrogen-bond acceptors (Lipinski definition) is 2. The number of carbonyl (C=O) groups excluding carboxylic acids is 2. The van der Waals surface area contributed by atoms with E-state index in [1.165, 1.54) is 12.1 Å². The number of carbonyl (C=O) groups is 2. The molecule has 0 bridgehead atoms. The lowest BCUT2D eigenvalue weighted by Crippen LogP contribution is -2.35. The molecule has 2 rings (SSSR count). The van der Waals surface area contributed by atoms with Crippen molar-refractivity contribution >= 4 is 22.6 Å². The zero-order valence-corrected chi connectivity index (χ0v) is 12.2. The fourth-order valence-electron chi connectivity index (χ4n) is 2.17. The molecule has 1 atom stereocenters. The first-order valence-corrected chi connectivity index (χ1v) is 7.10. The van der Waals surface area contributed by atoms with E-state index in [1.54, 1.807) is 19.2 Å². The van der Waals surface area contributed by atoms with Crippen molar-refractivity contribution in [3.63, 3.8) is 0 Å². The molecule has 21 heavy (non-hydrogen) atoms. The summed E-state index contributed by atoms with van der Waals surface area (Å²) >= 11 is 0. The number of aromatic amines is 1. The molecule has 112 valence electrons. The zero-order valence-electron chi connectivity index (χ0n) is 12.2. The SMILES string of the molecule is CCC(C)C(=O)C(=O)NCCc1c[nH]c2cc(F)ccc12. The van der Waals surface area contributed by atoms with Gasteiger partial charge < -0.3 is 10.3 Å². The Bertz CT molecular complexity index is 663. The molecular weight excluding hydrogens is 271 g/mol. The summed E-state index contributed by atoms with van der Waals surface area (Å²) in [5, 5.41) is 3.57. The summed E-state index contributed by atoms with van der Waals surface area (Å²) < 4.78 is 13.1. The number of Topliss-reactive ketones (excluding diaryl/α,β-unsaturated/α-hetero) is 1. The highest BCUT2D eigenvalue weighted by Gasteiger charge is 2.19. The number of benzene rings is 1. The molecule has 1 aromatic carbocycles. The minimum atomic E-state index is -0.532. The minimum absolute atomic E-state index is 0.249. The first-order chi connectivity index (χ1) is 10.0. The predicted molar refractivity (Wildman–Crippen MR) is 79.4 cm³/mol. The lowest BCUT2D eigenvalue weighted by molar-refractivity contribution is -0.140. The molecule has 1 amide bonds. The van der Waals surface area contributed by atoms with E-state index in [-0.39, 0.29) is 17.5 Å². The van der Waals surface area contributed by atoms with Crippen LogP contribution in [0.1, 0.15) is 25.8 Å². The second-order valence-electron chi connectivity index (χ2n) is 5.18. The minimum Gasteiger partial charge on any atom is -0.361 e. The summed E-state index contributed by atoms with van der Waals surface area (Å²) in [4.78, 5) is 26.3. The van der Waals surface area contributed by atoms with E-state index in [2.05, 4.69) is 10.3 Å². The molecule has 0 aliphatic rings. The van der Waals surface area contributed by atoms with Crippen LogP contribution in [0, 0.1) is 11.7 Å². The van der Waals surface area contributed by atoms with Gasteiger partial charge in [-0.15, -0.1) is 0 Å². The Morgan fingerprint density at radius 3 is 2.86 bits per heavy atom. The van der Waals surface area contributed by atoms with Crippen LogP contribution in [0.3, 0.4) is 0 Å². The van der Waals surface area contributed by atoms with Gasteiger partial charge in [0.2, 0.25) is 5.78 Å². The number of fused-ring (bicyclic) bond motifs is 1. The summed E-state index contributed by atoms with van der Waals surface area (Å²) in [7, 11) is 0. The molecule has 2 aromatic rings. The van der Waals surface area contributed by atoms with Crippen molar-refractivity contribution < 1.29 is 14.0 Å². The molecule has 0 aliphatic carbocycles. The van der Waals surface area contributed by atoms with Crippen molar-refractivity contribution in [2.75, 3.05) is 6.54 Å². The third-order valence-electron chi connectivity index (χ3n) is 3.69. The molecule has 2 N–H and O–H groups in total. The zero-order chi connectivity index (χ0) is 15.4. The van der Waals surface area contributed by atoms with Gasteiger partial charge in [-0.05, 0) is 36.6 Å². The van der Waals surface area contributed by atoms with Gasteiger partial charge in [0.05, 0.1) is 0 Å². The number of halogens is 1. The van der Waals surface area contributed by atoms with Crippen molar-refractivity contribution in [2.24, 2.45) is 5.92 Å². The molecule has 0 radical (unpaired) electrons. The van der Waals surface area contributed by atoms with E-state index in [9.17, 15) is 14.0 Å². The van der Waals surface area contributed by atoms with Gasteiger partial charge in [0.15, 0.2) is 0 Å². The quantitative estimate of drug-likeness (QED) is 0.803. The largest absolute Gasteiger partial charge is 0.361 e. The number of ketones is 1. The number of nitrogens with one attached hydrogen (secondary N) is 2. The maximum Gasteiger partial charge on any atom is 0.287 e. The van der Waals surface area contributed by atoms with E-state index < -0.39 is 5.91 Å². The highest BCUT2D eigenvalue weighted by atomic mass is 19.1. The second kappa shape index (κ2) is 6.52. The molecular formula is C16H19FN2O2. The molecule has 0 fully saturated rings. The van der Waals surface area contributed by atoms with Crippen LogP contribution >= 0.6 is 0 Å². The van der Waals surface area contributed by atoms with E-state index in [0.717, 1.165) is 16.5 Å². The van der Waals surface area contributed by atoms with Gasteiger partial charge in [0, 0.05) is 29.6 Å². The Balaban J connectivity index is 1.94. The molecule has 1 heterocycles. The van der Waals surface area contributed by atoms with Crippen LogP contribution in [0.15, 0.2) is 24.4 Å². The third-order valence-corrected chi connectivity index (χ3v) is 3.69. The Hall–Kier alpha value is -2.17. The maximum absolute atomic E-state index is 13.1. The molecule has 1 unspecified atom stereocenters. The van der Waals surface area contributed by atoms with Crippen LogP contribution in [-0.2, 0) is 16.0 Å². The Morgan fingerprint density at radius 2 is 2.14 bits per heavy atom. The Kier molecular flexibility index (Phi) is 4.73. The van der Waals surface area contributed by atoms with Gasteiger partial charge in [-0.3, -0.25) is 9.59 Å². The average molecular weight is 290 g/mol. The number of aromatic nitrogens is 1. The fourth-order valence-corrected chi connectivity index (χ4v) is 2.17. The first kappa shape index (κ1) is 15.2. The Labute approximate surface area is 122 Å². The molecule has 5 heteroatoms.